The smallest absolute Gasteiger partial charge is 0.300 e. The minimum Gasteiger partial charge on any atom is -0.338 e. The fourth-order valence-corrected chi connectivity index (χ4v) is 3.23. The SMILES string of the molecule is O=C(c1cccc(Cl)c1[N+](=O)[O-])N1CCC(NCC2CC2)CC1. The molecule has 0 aromatic heterocycles. The second-order valence-corrected chi connectivity index (χ2v) is 6.72. The quantitative estimate of drug-likeness (QED) is 0.662. The molecule has 1 aromatic carbocycles. The molecule has 1 heterocycles. The maximum atomic E-state index is 12.6. The van der Waals surface area contributed by atoms with Gasteiger partial charge in [-0.1, -0.05) is 17.7 Å². The number of hydrogen-bond acceptors (Lipinski definition) is 4. The van der Waals surface area contributed by atoms with Gasteiger partial charge in [-0.2, -0.15) is 0 Å². The van der Waals surface area contributed by atoms with Crippen molar-refractivity contribution in [2.45, 2.75) is 31.7 Å². The van der Waals surface area contributed by atoms with Gasteiger partial charge in [0.25, 0.3) is 5.91 Å². The molecule has 1 saturated heterocycles. The zero-order valence-corrected chi connectivity index (χ0v) is 13.6. The average molecular weight is 338 g/mol. The number of carbonyl (C=O) groups excluding carboxylic acids is 1. The fraction of sp³-hybridized carbons (Fsp3) is 0.562. The van der Waals surface area contributed by atoms with Gasteiger partial charge in [-0.05, 0) is 50.3 Å². The lowest BCUT2D eigenvalue weighted by molar-refractivity contribution is -0.385. The molecule has 1 N–H and O–H groups in total. The predicted molar refractivity (Wildman–Crippen MR) is 87.8 cm³/mol. The Kier molecular flexibility index (Phi) is 4.82. The number of benzene rings is 1. The van der Waals surface area contributed by atoms with Crippen LogP contribution in [0.2, 0.25) is 5.02 Å². The molecular weight excluding hydrogens is 318 g/mol. The van der Waals surface area contributed by atoms with Gasteiger partial charge in [0.2, 0.25) is 0 Å². The summed E-state index contributed by atoms with van der Waals surface area (Å²) in [5.41, 5.74) is -0.222. The van der Waals surface area contributed by atoms with E-state index in [0.29, 0.717) is 19.1 Å². The molecule has 0 unspecified atom stereocenters. The number of nitro groups is 1. The average Bonchev–Trinajstić information content (AvgIpc) is 3.36. The lowest BCUT2D eigenvalue weighted by Crippen LogP contribution is -2.45. The molecule has 0 radical (unpaired) electrons. The lowest BCUT2D eigenvalue weighted by Gasteiger charge is -2.32. The number of likely N-dealkylation sites (tertiary alicyclic amines) is 1. The van der Waals surface area contributed by atoms with Crippen LogP contribution in [0.1, 0.15) is 36.0 Å². The number of rotatable bonds is 5. The third kappa shape index (κ3) is 3.82. The molecule has 124 valence electrons. The number of nitrogens with zero attached hydrogens (tertiary/aromatic N) is 2. The van der Waals surface area contributed by atoms with E-state index in [-0.39, 0.29) is 22.2 Å². The molecule has 0 atom stereocenters. The molecule has 0 spiro atoms. The van der Waals surface area contributed by atoms with Crippen molar-refractivity contribution in [3.05, 3.63) is 38.9 Å². The Morgan fingerprint density at radius 1 is 1.30 bits per heavy atom. The number of nitro benzene ring substituents is 1. The highest BCUT2D eigenvalue weighted by molar-refractivity contribution is 6.33. The summed E-state index contributed by atoms with van der Waals surface area (Å²) >= 11 is 5.88. The van der Waals surface area contributed by atoms with Crippen molar-refractivity contribution in [1.29, 1.82) is 0 Å². The summed E-state index contributed by atoms with van der Waals surface area (Å²) in [4.78, 5) is 24.9. The van der Waals surface area contributed by atoms with E-state index in [1.54, 1.807) is 11.0 Å². The van der Waals surface area contributed by atoms with Gasteiger partial charge in [0.1, 0.15) is 10.6 Å². The Bertz CT molecular complexity index is 611. The van der Waals surface area contributed by atoms with Gasteiger partial charge in [0.05, 0.1) is 4.92 Å². The fourth-order valence-electron chi connectivity index (χ4n) is 2.99. The summed E-state index contributed by atoms with van der Waals surface area (Å²) in [7, 11) is 0. The molecule has 0 bridgehead atoms. The molecule has 23 heavy (non-hydrogen) atoms. The number of carbonyl (C=O) groups is 1. The normalized spacial score (nSPS) is 18.9. The summed E-state index contributed by atoms with van der Waals surface area (Å²) in [5.74, 6) is 0.531. The van der Waals surface area contributed by atoms with Crippen LogP contribution in [0.3, 0.4) is 0 Å². The molecule has 2 fully saturated rings. The second-order valence-electron chi connectivity index (χ2n) is 6.31. The maximum absolute atomic E-state index is 12.6. The zero-order valence-electron chi connectivity index (χ0n) is 12.8. The van der Waals surface area contributed by atoms with Gasteiger partial charge in [0, 0.05) is 19.1 Å². The number of para-hydroxylation sites is 1. The molecule has 1 aliphatic carbocycles. The largest absolute Gasteiger partial charge is 0.338 e. The molecular formula is C16H20ClN3O3. The van der Waals surface area contributed by atoms with E-state index in [1.807, 2.05) is 0 Å². The van der Waals surface area contributed by atoms with Crippen molar-refractivity contribution in [3.8, 4) is 0 Å². The van der Waals surface area contributed by atoms with Crippen LogP contribution in [0.4, 0.5) is 5.69 Å². The second kappa shape index (κ2) is 6.84. The number of hydrogen-bond donors (Lipinski definition) is 1. The highest BCUT2D eigenvalue weighted by Crippen LogP contribution is 2.30. The Labute approximate surface area is 139 Å². The molecule has 3 rings (SSSR count). The Morgan fingerprint density at radius 3 is 2.61 bits per heavy atom. The van der Waals surface area contributed by atoms with Crippen LogP contribution in [0.15, 0.2) is 18.2 Å². The minimum atomic E-state index is -0.584. The van der Waals surface area contributed by atoms with E-state index in [9.17, 15) is 14.9 Å². The van der Waals surface area contributed by atoms with Crippen molar-refractivity contribution in [3.63, 3.8) is 0 Å². The third-order valence-corrected chi connectivity index (χ3v) is 4.88. The van der Waals surface area contributed by atoms with Crippen molar-refractivity contribution in [2.75, 3.05) is 19.6 Å². The number of nitrogens with one attached hydrogen (secondary N) is 1. The van der Waals surface area contributed by atoms with E-state index in [2.05, 4.69) is 5.32 Å². The van der Waals surface area contributed by atoms with Crippen molar-refractivity contribution in [1.82, 2.24) is 10.2 Å². The van der Waals surface area contributed by atoms with E-state index >= 15 is 0 Å². The Hall–Kier alpha value is -1.66. The summed E-state index contributed by atoms with van der Waals surface area (Å²) in [6.45, 7) is 2.30. The molecule has 1 aliphatic heterocycles. The number of amides is 1. The van der Waals surface area contributed by atoms with E-state index in [4.69, 9.17) is 11.6 Å². The van der Waals surface area contributed by atoms with Crippen LogP contribution < -0.4 is 5.32 Å². The van der Waals surface area contributed by atoms with Gasteiger partial charge in [-0.3, -0.25) is 14.9 Å². The molecule has 7 heteroatoms. The zero-order chi connectivity index (χ0) is 16.4. The van der Waals surface area contributed by atoms with Crippen molar-refractivity contribution < 1.29 is 9.72 Å². The van der Waals surface area contributed by atoms with E-state index in [0.717, 1.165) is 25.3 Å². The lowest BCUT2D eigenvalue weighted by atomic mass is 10.0. The standard InChI is InChI=1S/C16H20ClN3O3/c17-14-3-1-2-13(15(14)20(22)23)16(21)19-8-6-12(7-9-19)18-10-11-4-5-11/h1-3,11-12,18H,4-10H2. The Morgan fingerprint density at radius 2 is 2.00 bits per heavy atom. The first-order valence-corrected chi connectivity index (χ1v) is 8.39. The van der Waals surface area contributed by atoms with E-state index < -0.39 is 4.92 Å². The summed E-state index contributed by atoms with van der Waals surface area (Å²) in [6.07, 6.45) is 4.41. The predicted octanol–water partition coefficient (Wildman–Crippen LogP) is 2.85. The first kappa shape index (κ1) is 16.2. The van der Waals surface area contributed by atoms with Crippen LogP contribution in [-0.4, -0.2) is 41.4 Å². The van der Waals surface area contributed by atoms with Crippen LogP contribution in [0.25, 0.3) is 0 Å². The third-order valence-electron chi connectivity index (χ3n) is 4.57. The topological polar surface area (TPSA) is 75.5 Å². The highest BCUT2D eigenvalue weighted by Gasteiger charge is 2.30. The molecule has 1 saturated carbocycles. The van der Waals surface area contributed by atoms with Crippen LogP contribution in [0.5, 0.6) is 0 Å². The first-order valence-electron chi connectivity index (χ1n) is 8.02. The van der Waals surface area contributed by atoms with Crippen LogP contribution in [0, 0.1) is 16.0 Å². The van der Waals surface area contributed by atoms with Crippen molar-refractivity contribution >= 4 is 23.2 Å². The van der Waals surface area contributed by atoms with Gasteiger partial charge >= 0.3 is 5.69 Å². The van der Waals surface area contributed by atoms with Gasteiger partial charge in [-0.25, -0.2) is 0 Å². The first-order chi connectivity index (χ1) is 11.1. The Balaban J connectivity index is 1.63. The van der Waals surface area contributed by atoms with Gasteiger partial charge in [-0.15, -0.1) is 0 Å². The maximum Gasteiger partial charge on any atom is 0.300 e. The van der Waals surface area contributed by atoms with Gasteiger partial charge < -0.3 is 10.2 Å². The number of halogens is 1. The molecule has 1 aromatic rings. The number of piperidine rings is 1. The summed E-state index contributed by atoms with van der Waals surface area (Å²) in [6, 6.07) is 4.93. The molecule has 1 amide bonds. The van der Waals surface area contributed by atoms with E-state index in [1.165, 1.54) is 25.0 Å². The summed E-state index contributed by atoms with van der Waals surface area (Å²) in [5, 5.41) is 14.7. The monoisotopic (exact) mass is 337 g/mol. The van der Waals surface area contributed by atoms with Gasteiger partial charge in [0.15, 0.2) is 0 Å². The summed E-state index contributed by atoms with van der Waals surface area (Å²) < 4.78 is 0. The minimum absolute atomic E-state index is 0.00170. The van der Waals surface area contributed by atoms with Crippen LogP contribution in [-0.2, 0) is 0 Å². The molecule has 6 nitrogen and oxygen atoms in total. The highest BCUT2D eigenvalue weighted by atomic mass is 35.5. The van der Waals surface area contributed by atoms with Crippen molar-refractivity contribution in [2.24, 2.45) is 5.92 Å². The van der Waals surface area contributed by atoms with Crippen LogP contribution >= 0.6 is 11.6 Å². The molecule has 2 aliphatic rings.